The highest BCUT2D eigenvalue weighted by Crippen LogP contribution is 2.29. The van der Waals surface area contributed by atoms with Crippen LogP contribution in [0, 0.1) is 0 Å². The molecule has 2 aromatic rings. The number of carboxylic acid groups (broad SMARTS) is 1. The summed E-state index contributed by atoms with van der Waals surface area (Å²) in [5, 5.41) is 8.99. The predicted octanol–water partition coefficient (Wildman–Crippen LogP) is 3.32. The molecule has 1 N–H and O–H groups in total. The summed E-state index contributed by atoms with van der Waals surface area (Å²) in [4.78, 5) is 11.0. The maximum absolute atomic E-state index is 11.0. The number of benzene rings is 2. The van der Waals surface area contributed by atoms with Gasteiger partial charge in [-0.15, -0.1) is 0 Å². The molecule has 0 aromatic heterocycles. The average molecular weight is 268 g/mol. The first-order valence-corrected chi connectivity index (χ1v) is 6.79. The molecule has 0 aliphatic carbocycles. The quantitative estimate of drug-likeness (QED) is 0.928. The lowest BCUT2D eigenvalue weighted by Crippen LogP contribution is -2.25. The number of hydrogen-bond donors (Lipinski definition) is 1. The van der Waals surface area contributed by atoms with E-state index in [9.17, 15) is 4.79 Å². The van der Waals surface area contributed by atoms with Crippen molar-refractivity contribution in [1.82, 2.24) is 0 Å². The minimum absolute atomic E-state index is 0.167. The molecule has 0 unspecified atom stereocenters. The van der Waals surface area contributed by atoms with Crippen molar-refractivity contribution >= 4 is 5.97 Å². The van der Waals surface area contributed by atoms with E-state index in [0.29, 0.717) is 5.56 Å². The number of aryl methyl sites for hydroxylation is 1. The third-order valence-electron chi connectivity index (χ3n) is 3.64. The van der Waals surface area contributed by atoms with E-state index >= 15 is 0 Å². The highest BCUT2D eigenvalue weighted by atomic mass is 16.5. The Hall–Kier alpha value is -2.29. The summed E-state index contributed by atoms with van der Waals surface area (Å²) < 4.78 is 5.98. The van der Waals surface area contributed by atoms with Crippen molar-refractivity contribution in [2.45, 2.75) is 25.4 Å². The number of fused-ring (bicyclic) bond motifs is 1. The van der Waals surface area contributed by atoms with Gasteiger partial charge in [0.25, 0.3) is 0 Å². The van der Waals surface area contributed by atoms with Crippen LogP contribution >= 0.6 is 0 Å². The van der Waals surface area contributed by atoms with Gasteiger partial charge in [-0.1, -0.05) is 30.3 Å². The molecule has 1 atom stereocenters. The molecule has 0 radical (unpaired) electrons. The Bertz CT molecular complexity index is 619. The fraction of sp³-hybridized carbons (Fsp3) is 0.235. The van der Waals surface area contributed by atoms with E-state index in [1.807, 2.05) is 18.2 Å². The SMILES string of the molecule is O=C(O)c1ccc2c(c1)CC[C@@H](Cc1ccccc1)O2. The summed E-state index contributed by atoms with van der Waals surface area (Å²) in [7, 11) is 0. The third-order valence-corrected chi connectivity index (χ3v) is 3.64. The standard InChI is InChI=1S/C17H16O3/c18-17(19)14-7-9-16-13(11-14)6-8-15(20-16)10-12-4-2-1-3-5-12/h1-5,7,9,11,15H,6,8,10H2,(H,18,19)/t15-/m0/s1. The number of ether oxygens (including phenoxy) is 1. The first-order chi connectivity index (χ1) is 9.72. The number of rotatable bonds is 3. The minimum Gasteiger partial charge on any atom is -0.490 e. The van der Waals surface area contributed by atoms with Crippen molar-refractivity contribution in [3.8, 4) is 5.75 Å². The molecular weight excluding hydrogens is 252 g/mol. The van der Waals surface area contributed by atoms with Crippen LogP contribution in [0.1, 0.15) is 27.9 Å². The number of carboxylic acids is 1. The van der Waals surface area contributed by atoms with Crippen LogP contribution in [0.5, 0.6) is 5.75 Å². The summed E-state index contributed by atoms with van der Waals surface area (Å²) in [6.45, 7) is 0. The van der Waals surface area contributed by atoms with Gasteiger partial charge < -0.3 is 9.84 Å². The summed E-state index contributed by atoms with van der Waals surface area (Å²) in [6.07, 6.45) is 2.85. The van der Waals surface area contributed by atoms with Crippen LogP contribution in [0.3, 0.4) is 0 Å². The molecule has 0 spiro atoms. The summed E-state index contributed by atoms with van der Waals surface area (Å²) >= 11 is 0. The second kappa shape index (κ2) is 5.37. The lowest BCUT2D eigenvalue weighted by atomic mass is 9.96. The largest absolute Gasteiger partial charge is 0.490 e. The van der Waals surface area contributed by atoms with E-state index in [0.717, 1.165) is 30.6 Å². The second-order valence-electron chi connectivity index (χ2n) is 5.10. The van der Waals surface area contributed by atoms with Gasteiger partial charge in [0.15, 0.2) is 0 Å². The zero-order chi connectivity index (χ0) is 13.9. The Balaban J connectivity index is 1.74. The molecular formula is C17H16O3. The molecule has 102 valence electrons. The van der Waals surface area contributed by atoms with E-state index in [2.05, 4.69) is 12.1 Å². The van der Waals surface area contributed by atoms with Gasteiger partial charge in [0, 0.05) is 6.42 Å². The van der Waals surface area contributed by atoms with Crippen LogP contribution in [0.25, 0.3) is 0 Å². The molecule has 0 bridgehead atoms. The fourth-order valence-electron chi connectivity index (χ4n) is 2.60. The smallest absolute Gasteiger partial charge is 0.335 e. The van der Waals surface area contributed by atoms with Gasteiger partial charge >= 0.3 is 5.97 Å². The topological polar surface area (TPSA) is 46.5 Å². The summed E-state index contributed by atoms with van der Waals surface area (Å²) in [5.41, 5.74) is 2.59. The Morgan fingerprint density at radius 2 is 2.00 bits per heavy atom. The van der Waals surface area contributed by atoms with E-state index in [1.165, 1.54) is 5.56 Å². The predicted molar refractivity (Wildman–Crippen MR) is 76.3 cm³/mol. The zero-order valence-electron chi connectivity index (χ0n) is 11.1. The van der Waals surface area contributed by atoms with Crippen molar-refractivity contribution in [1.29, 1.82) is 0 Å². The molecule has 1 aliphatic heterocycles. The van der Waals surface area contributed by atoms with Crippen molar-refractivity contribution < 1.29 is 14.6 Å². The number of carbonyl (C=O) groups is 1. The van der Waals surface area contributed by atoms with E-state index in [4.69, 9.17) is 9.84 Å². The molecule has 1 heterocycles. The number of aromatic carboxylic acids is 1. The molecule has 3 rings (SSSR count). The second-order valence-corrected chi connectivity index (χ2v) is 5.10. The van der Waals surface area contributed by atoms with Gasteiger partial charge in [0.2, 0.25) is 0 Å². The van der Waals surface area contributed by atoms with Crippen LogP contribution in [-0.4, -0.2) is 17.2 Å². The van der Waals surface area contributed by atoms with Gasteiger partial charge in [0.05, 0.1) is 5.56 Å². The maximum atomic E-state index is 11.0. The van der Waals surface area contributed by atoms with Crippen molar-refractivity contribution in [2.75, 3.05) is 0 Å². The Kier molecular flexibility index (Phi) is 3.42. The molecule has 20 heavy (non-hydrogen) atoms. The van der Waals surface area contributed by atoms with Gasteiger partial charge in [-0.25, -0.2) is 4.79 Å². The first-order valence-electron chi connectivity index (χ1n) is 6.79. The Morgan fingerprint density at radius 1 is 1.20 bits per heavy atom. The van der Waals surface area contributed by atoms with Crippen LogP contribution in [0.2, 0.25) is 0 Å². The molecule has 1 aliphatic rings. The third kappa shape index (κ3) is 2.67. The zero-order valence-corrected chi connectivity index (χ0v) is 11.1. The summed E-state index contributed by atoms with van der Waals surface area (Å²) in [6, 6.07) is 15.4. The normalized spacial score (nSPS) is 17.1. The average Bonchev–Trinajstić information content (AvgIpc) is 2.47. The minimum atomic E-state index is -0.890. The monoisotopic (exact) mass is 268 g/mol. The van der Waals surface area contributed by atoms with Gasteiger partial charge in [-0.2, -0.15) is 0 Å². The van der Waals surface area contributed by atoms with Gasteiger partial charge in [-0.05, 0) is 42.2 Å². The number of hydrogen-bond acceptors (Lipinski definition) is 2. The molecule has 3 heteroatoms. The molecule has 0 saturated carbocycles. The highest BCUT2D eigenvalue weighted by Gasteiger charge is 2.21. The van der Waals surface area contributed by atoms with Crippen molar-refractivity contribution in [3.63, 3.8) is 0 Å². The van der Waals surface area contributed by atoms with Crippen LogP contribution in [0.4, 0.5) is 0 Å². The Labute approximate surface area is 117 Å². The summed E-state index contributed by atoms with van der Waals surface area (Å²) in [5.74, 6) is -0.0682. The van der Waals surface area contributed by atoms with E-state index in [-0.39, 0.29) is 6.10 Å². The molecule has 0 saturated heterocycles. The van der Waals surface area contributed by atoms with Gasteiger partial charge in [-0.3, -0.25) is 0 Å². The van der Waals surface area contributed by atoms with E-state index < -0.39 is 5.97 Å². The maximum Gasteiger partial charge on any atom is 0.335 e. The molecule has 0 fully saturated rings. The molecule has 3 nitrogen and oxygen atoms in total. The molecule has 0 amide bonds. The Morgan fingerprint density at radius 3 is 2.75 bits per heavy atom. The van der Waals surface area contributed by atoms with Crippen LogP contribution < -0.4 is 4.74 Å². The lowest BCUT2D eigenvalue weighted by molar-refractivity contribution is 0.0696. The molecule has 2 aromatic carbocycles. The lowest BCUT2D eigenvalue weighted by Gasteiger charge is -2.26. The van der Waals surface area contributed by atoms with Crippen LogP contribution in [-0.2, 0) is 12.8 Å². The fourth-order valence-corrected chi connectivity index (χ4v) is 2.60. The van der Waals surface area contributed by atoms with Crippen LogP contribution in [0.15, 0.2) is 48.5 Å². The van der Waals surface area contributed by atoms with Crippen molar-refractivity contribution in [3.05, 3.63) is 65.2 Å². The van der Waals surface area contributed by atoms with E-state index in [1.54, 1.807) is 18.2 Å². The van der Waals surface area contributed by atoms with Crippen molar-refractivity contribution in [2.24, 2.45) is 0 Å². The first kappa shape index (κ1) is 12.7. The van der Waals surface area contributed by atoms with Gasteiger partial charge in [0.1, 0.15) is 11.9 Å². The highest BCUT2D eigenvalue weighted by molar-refractivity contribution is 5.88.